The van der Waals surface area contributed by atoms with Gasteiger partial charge in [-0.15, -0.1) is 0 Å². The first-order valence-electron chi connectivity index (χ1n) is 11.0. The molecular weight excluding hydrogens is 443 g/mol. The van der Waals surface area contributed by atoms with Gasteiger partial charge in [-0.3, -0.25) is 9.36 Å². The van der Waals surface area contributed by atoms with Crippen LogP contribution in [0.25, 0.3) is 22.0 Å². The average molecular weight is 465 g/mol. The minimum absolute atomic E-state index is 0.101. The minimum Gasteiger partial charge on any atom is -0.369 e. The van der Waals surface area contributed by atoms with Crippen LogP contribution in [0.15, 0.2) is 77.6 Å². The van der Waals surface area contributed by atoms with E-state index in [2.05, 4.69) is 4.98 Å². The van der Waals surface area contributed by atoms with Gasteiger partial charge in [0, 0.05) is 0 Å². The van der Waals surface area contributed by atoms with Gasteiger partial charge in [0.15, 0.2) is 0 Å². The summed E-state index contributed by atoms with van der Waals surface area (Å²) in [4.78, 5) is 17.6. The van der Waals surface area contributed by atoms with Crippen LogP contribution >= 0.6 is 0 Å². The number of nitrogens with two attached hydrogens (primary N) is 1. The van der Waals surface area contributed by atoms with E-state index in [0.717, 1.165) is 23.3 Å². The molecule has 174 valence electrons. The maximum atomic E-state index is 13.1. The van der Waals surface area contributed by atoms with E-state index in [1.165, 1.54) is 16.7 Å². The van der Waals surface area contributed by atoms with Crippen molar-refractivity contribution in [1.82, 2.24) is 9.55 Å². The van der Waals surface area contributed by atoms with Crippen molar-refractivity contribution in [3.63, 3.8) is 0 Å². The summed E-state index contributed by atoms with van der Waals surface area (Å²) in [5, 5.41) is 0.464. The van der Waals surface area contributed by atoms with Crippen molar-refractivity contribution in [3.8, 4) is 11.1 Å². The van der Waals surface area contributed by atoms with Crippen molar-refractivity contribution in [2.45, 2.75) is 37.8 Å². The number of nitrogen functional groups attached to an aromatic ring is 1. The molecule has 5 nitrogen and oxygen atoms in total. The van der Waals surface area contributed by atoms with Gasteiger partial charge in [0.1, 0.15) is 0 Å². The first kappa shape index (κ1) is 22.2. The fourth-order valence-corrected chi connectivity index (χ4v) is 4.40. The standard InChI is InChI=1S/C26H22F3N3O2/c27-26(28,29)19-9-6-17(7-10-19)23-13-11-20(34-23)15-32-24(33)21-12-8-18(14-22(21)31-25(32)30)16-4-2-1-3-5-16/h1-10,12,14,20,23H,11,13,15H2,(H2,30,31). The molecule has 5 rings (SSSR count). The Morgan fingerprint density at radius 2 is 1.71 bits per heavy atom. The van der Waals surface area contributed by atoms with Gasteiger partial charge >= 0.3 is 6.18 Å². The second-order valence-electron chi connectivity index (χ2n) is 8.43. The van der Waals surface area contributed by atoms with Crippen molar-refractivity contribution in [2.24, 2.45) is 0 Å². The Morgan fingerprint density at radius 1 is 0.971 bits per heavy atom. The van der Waals surface area contributed by atoms with Gasteiger partial charge in [-0.05, 0) is 53.8 Å². The van der Waals surface area contributed by atoms with Crippen LogP contribution < -0.4 is 11.3 Å². The van der Waals surface area contributed by atoms with Crippen LogP contribution in [0.1, 0.15) is 30.1 Å². The molecule has 0 radical (unpaired) electrons. The van der Waals surface area contributed by atoms with Crippen LogP contribution in [-0.4, -0.2) is 15.7 Å². The van der Waals surface area contributed by atoms with Crippen molar-refractivity contribution < 1.29 is 17.9 Å². The summed E-state index contributed by atoms with van der Waals surface area (Å²) in [6.07, 6.45) is -3.70. The molecule has 1 aliphatic heterocycles. The molecule has 0 amide bonds. The number of aromatic nitrogens is 2. The summed E-state index contributed by atoms with van der Waals surface area (Å²) >= 11 is 0. The molecule has 0 spiro atoms. The molecule has 1 fully saturated rings. The van der Waals surface area contributed by atoms with Crippen LogP contribution in [0.4, 0.5) is 19.1 Å². The highest BCUT2D eigenvalue weighted by Gasteiger charge is 2.32. The molecule has 3 aromatic carbocycles. The summed E-state index contributed by atoms with van der Waals surface area (Å²) < 4.78 is 45.9. The second kappa shape index (κ2) is 8.61. The first-order chi connectivity index (χ1) is 16.3. The zero-order valence-electron chi connectivity index (χ0n) is 18.1. The summed E-state index contributed by atoms with van der Waals surface area (Å²) in [7, 11) is 0. The topological polar surface area (TPSA) is 70.1 Å². The van der Waals surface area contributed by atoms with E-state index in [1.807, 2.05) is 42.5 Å². The third-order valence-corrected chi connectivity index (χ3v) is 6.20. The highest BCUT2D eigenvalue weighted by Crippen LogP contribution is 2.36. The van der Waals surface area contributed by atoms with Crippen LogP contribution in [0.3, 0.4) is 0 Å². The predicted molar refractivity (Wildman–Crippen MR) is 124 cm³/mol. The normalized spacial score (nSPS) is 18.4. The lowest BCUT2D eigenvalue weighted by atomic mass is 10.0. The monoisotopic (exact) mass is 465 g/mol. The Balaban J connectivity index is 1.35. The number of nitrogens with zero attached hydrogens (tertiary/aromatic N) is 2. The molecule has 2 atom stereocenters. The van der Waals surface area contributed by atoms with Crippen LogP contribution in [0.5, 0.6) is 0 Å². The molecule has 2 unspecified atom stereocenters. The second-order valence-corrected chi connectivity index (χ2v) is 8.43. The Morgan fingerprint density at radius 3 is 2.41 bits per heavy atom. The molecule has 1 aromatic heterocycles. The Bertz CT molecular complexity index is 1380. The maximum absolute atomic E-state index is 13.1. The van der Waals surface area contributed by atoms with Crippen LogP contribution in [0.2, 0.25) is 0 Å². The number of ether oxygens (including phenoxy) is 1. The Hall–Kier alpha value is -3.65. The molecule has 0 saturated carbocycles. The molecule has 0 bridgehead atoms. The quantitative estimate of drug-likeness (QED) is 0.427. The van der Waals surface area contributed by atoms with Crippen molar-refractivity contribution >= 4 is 16.9 Å². The summed E-state index contributed by atoms with van der Waals surface area (Å²) in [6, 6.07) is 20.3. The summed E-state index contributed by atoms with van der Waals surface area (Å²) in [5.74, 6) is 0.101. The van der Waals surface area contributed by atoms with Gasteiger partial charge in [-0.2, -0.15) is 13.2 Å². The smallest absolute Gasteiger partial charge is 0.369 e. The molecular formula is C26H22F3N3O2. The third-order valence-electron chi connectivity index (χ3n) is 6.20. The number of halogens is 3. The fourth-order valence-electron chi connectivity index (χ4n) is 4.40. The largest absolute Gasteiger partial charge is 0.416 e. The van der Waals surface area contributed by atoms with Crippen LogP contribution in [-0.2, 0) is 17.5 Å². The summed E-state index contributed by atoms with van der Waals surface area (Å²) in [5.41, 5.74) is 8.37. The van der Waals surface area contributed by atoms with Crippen molar-refractivity contribution in [2.75, 3.05) is 5.73 Å². The fraction of sp³-hybridized carbons (Fsp3) is 0.231. The summed E-state index contributed by atoms with van der Waals surface area (Å²) in [6.45, 7) is 0.227. The molecule has 1 aliphatic rings. The van der Waals surface area contributed by atoms with Gasteiger partial charge in [-0.1, -0.05) is 48.5 Å². The molecule has 2 N–H and O–H groups in total. The number of rotatable bonds is 4. The lowest BCUT2D eigenvalue weighted by Crippen LogP contribution is -2.29. The minimum atomic E-state index is -4.37. The van der Waals surface area contributed by atoms with Gasteiger partial charge < -0.3 is 10.5 Å². The van der Waals surface area contributed by atoms with Gasteiger partial charge in [0.2, 0.25) is 5.95 Å². The molecule has 8 heteroatoms. The zero-order chi connectivity index (χ0) is 23.9. The van der Waals surface area contributed by atoms with Crippen molar-refractivity contribution in [1.29, 1.82) is 0 Å². The lowest BCUT2D eigenvalue weighted by Gasteiger charge is -2.17. The number of anilines is 1. The Labute approximate surface area is 193 Å². The van der Waals surface area contributed by atoms with E-state index in [9.17, 15) is 18.0 Å². The number of hydrogen-bond acceptors (Lipinski definition) is 4. The van der Waals surface area contributed by atoms with E-state index in [0.29, 0.717) is 29.3 Å². The number of fused-ring (bicyclic) bond motifs is 1. The lowest BCUT2D eigenvalue weighted by molar-refractivity contribution is -0.137. The zero-order valence-corrected chi connectivity index (χ0v) is 18.1. The van der Waals surface area contributed by atoms with E-state index in [4.69, 9.17) is 10.5 Å². The van der Waals surface area contributed by atoms with Gasteiger partial charge in [-0.25, -0.2) is 4.98 Å². The van der Waals surface area contributed by atoms with E-state index in [1.54, 1.807) is 6.07 Å². The molecule has 2 heterocycles. The van der Waals surface area contributed by atoms with E-state index < -0.39 is 11.7 Å². The van der Waals surface area contributed by atoms with E-state index in [-0.39, 0.29) is 30.3 Å². The predicted octanol–water partition coefficient (Wildman–Crippen LogP) is 5.58. The van der Waals surface area contributed by atoms with E-state index >= 15 is 0 Å². The molecule has 1 saturated heterocycles. The average Bonchev–Trinajstić information content (AvgIpc) is 3.30. The SMILES string of the molecule is Nc1nc2cc(-c3ccccc3)ccc2c(=O)n1CC1CCC(c2ccc(C(F)(F)F)cc2)O1. The maximum Gasteiger partial charge on any atom is 0.416 e. The van der Waals surface area contributed by atoms with Gasteiger partial charge in [0.05, 0.1) is 35.2 Å². The highest BCUT2D eigenvalue weighted by atomic mass is 19.4. The first-order valence-corrected chi connectivity index (χ1v) is 11.0. The molecule has 4 aromatic rings. The Kier molecular flexibility index (Phi) is 5.61. The number of benzene rings is 3. The number of hydrogen-bond donors (Lipinski definition) is 1. The third kappa shape index (κ3) is 4.28. The highest BCUT2D eigenvalue weighted by molar-refractivity contribution is 5.84. The molecule has 34 heavy (non-hydrogen) atoms. The van der Waals surface area contributed by atoms with Crippen LogP contribution in [0, 0.1) is 0 Å². The van der Waals surface area contributed by atoms with Gasteiger partial charge in [0.25, 0.3) is 5.56 Å². The molecule has 0 aliphatic carbocycles. The number of alkyl halides is 3. The van der Waals surface area contributed by atoms with Crippen molar-refractivity contribution in [3.05, 3.63) is 94.3 Å².